The lowest BCUT2D eigenvalue weighted by atomic mass is 9.94. The highest BCUT2D eigenvalue weighted by molar-refractivity contribution is 6.30. The van der Waals surface area contributed by atoms with Crippen LogP contribution in [0.5, 0.6) is 0 Å². The first kappa shape index (κ1) is 24.6. The molecule has 0 spiro atoms. The van der Waals surface area contributed by atoms with Crippen molar-refractivity contribution in [2.75, 3.05) is 4.90 Å². The number of anilines is 1. The van der Waals surface area contributed by atoms with Crippen LogP contribution in [0.2, 0.25) is 5.02 Å². The van der Waals surface area contributed by atoms with E-state index in [0.29, 0.717) is 0 Å². The summed E-state index contributed by atoms with van der Waals surface area (Å²) in [6, 6.07) is 5.73. The SMILES string of the molecule is C#CC(=O)N(c1cccc(C(F)(F)F)c1)C(C(=O)NC1CCCCC1)c1ccc(Cl)c(F)c1. The molecule has 0 heterocycles. The highest BCUT2D eigenvalue weighted by Gasteiger charge is 2.36. The molecule has 0 aliphatic heterocycles. The topological polar surface area (TPSA) is 49.4 Å². The second-order valence-corrected chi connectivity index (χ2v) is 8.19. The van der Waals surface area contributed by atoms with E-state index in [4.69, 9.17) is 18.0 Å². The maximum Gasteiger partial charge on any atom is 0.416 e. The van der Waals surface area contributed by atoms with Gasteiger partial charge in [-0.05, 0) is 54.7 Å². The van der Waals surface area contributed by atoms with Gasteiger partial charge in [0.25, 0.3) is 0 Å². The number of halogens is 5. The van der Waals surface area contributed by atoms with Gasteiger partial charge in [-0.15, -0.1) is 6.42 Å². The lowest BCUT2D eigenvalue weighted by Gasteiger charge is -2.32. The summed E-state index contributed by atoms with van der Waals surface area (Å²) in [5.74, 6) is -0.707. The minimum Gasteiger partial charge on any atom is -0.351 e. The molecule has 3 rings (SSSR count). The fraction of sp³-hybridized carbons (Fsp3) is 0.333. The molecule has 0 aromatic heterocycles. The van der Waals surface area contributed by atoms with Crippen molar-refractivity contribution in [2.24, 2.45) is 0 Å². The number of hydrogen-bond donors (Lipinski definition) is 1. The Morgan fingerprint density at radius 2 is 1.82 bits per heavy atom. The van der Waals surface area contributed by atoms with Gasteiger partial charge >= 0.3 is 12.1 Å². The van der Waals surface area contributed by atoms with E-state index in [1.807, 2.05) is 5.92 Å². The zero-order chi connectivity index (χ0) is 24.2. The molecule has 9 heteroatoms. The number of nitrogens with zero attached hydrogens (tertiary/aromatic N) is 1. The quantitative estimate of drug-likeness (QED) is 0.444. The first-order valence-electron chi connectivity index (χ1n) is 10.3. The molecule has 0 bridgehead atoms. The van der Waals surface area contributed by atoms with Crippen LogP contribution in [0.4, 0.5) is 23.2 Å². The average Bonchev–Trinajstić information content (AvgIpc) is 2.79. The van der Waals surface area contributed by atoms with E-state index in [-0.39, 0.29) is 22.3 Å². The number of terminal acetylenes is 1. The van der Waals surface area contributed by atoms with E-state index < -0.39 is 35.4 Å². The minimum absolute atomic E-state index is 0.0196. The number of benzene rings is 2. The van der Waals surface area contributed by atoms with Crippen LogP contribution in [0.15, 0.2) is 42.5 Å². The lowest BCUT2D eigenvalue weighted by molar-refractivity contribution is -0.137. The number of carbonyl (C=O) groups excluding carboxylic acids is 2. The van der Waals surface area contributed by atoms with Gasteiger partial charge in [0.1, 0.15) is 11.9 Å². The van der Waals surface area contributed by atoms with Crippen molar-refractivity contribution in [1.82, 2.24) is 5.32 Å². The third-order valence-corrected chi connectivity index (χ3v) is 5.82. The molecule has 1 saturated carbocycles. The molecule has 4 nitrogen and oxygen atoms in total. The minimum atomic E-state index is -4.69. The maximum atomic E-state index is 14.3. The van der Waals surface area contributed by atoms with Crippen molar-refractivity contribution in [3.05, 3.63) is 64.4 Å². The van der Waals surface area contributed by atoms with Gasteiger partial charge in [-0.2, -0.15) is 13.2 Å². The first-order chi connectivity index (χ1) is 15.6. The average molecular weight is 481 g/mol. The Labute approximate surface area is 193 Å². The molecule has 1 unspecified atom stereocenters. The van der Waals surface area contributed by atoms with Gasteiger partial charge in [0, 0.05) is 11.7 Å². The number of amides is 2. The fourth-order valence-corrected chi connectivity index (χ4v) is 4.03. The van der Waals surface area contributed by atoms with Crippen LogP contribution >= 0.6 is 11.6 Å². The number of alkyl halides is 3. The summed E-state index contributed by atoms with van der Waals surface area (Å²) in [4.78, 5) is 26.9. The van der Waals surface area contributed by atoms with E-state index in [1.165, 1.54) is 18.2 Å². The number of carbonyl (C=O) groups is 2. The van der Waals surface area contributed by atoms with Crippen molar-refractivity contribution >= 4 is 29.1 Å². The summed E-state index contributed by atoms with van der Waals surface area (Å²) in [6.45, 7) is 0. The number of rotatable bonds is 5. The largest absolute Gasteiger partial charge is 0.416 e. The first-order valence-corrected chi connectivity index (χ1v) is 10.7. The molecule has 2 aromatic carbocycles. The molecule has 1 atom stereocenters. The summed E-state index contributed by atoms with van der Waals surface area (Å²) in [5.41, 5.74) is -1.25. The van der Waals surface area contributed by atoms with Crippen LogP contribution in [0.1, 0.15) is 49.3 Å². The van der Waals surface area contributed by atoms with Crippen molar-refractivity contribution in [2.45, 2.75) is 50.4 Å². The Morgan fingerprint density at radius 3 is 2.42 bits per heavy atom. The van der Waals surface area contributed by atoms with E-state index in [9.17, 15) is 27.2 Å². The maximum absolute atomic E-state index is 14.3. The zero-order valence-electron chi connectivity index (χ0n) is 17.5. The van der Waals surface area contributed by atoms with Crippen LogP contribution < -0.4 is 10.2 Å². The molecule has 33 heavy (non-hydrogen) atoms. The van der Waals surface area contributed by atoms with Gasteiger partial charge in [-0.1, -0.05) is 43.0 Å². The van der Waals surface area contributed by atoms with E-state index >= 15 is 0 Å². The fourth-order valence-electron chi connectivity index (χ4n) is 3.91. The molecule has 2 amide bonds. The Kier molecular flexibility index (Phi) is 7.65. The molecular weight excluding hydrogens is 460 g/mol. The Morgan fingerprint density at radius 1 is 1.12 bits per heavy atom. The van der Waals surface area contributed by atoms with Gasteiger partial charge in [0.05, 0.1) is 10.6 Å². The second kappa shape index (κ2) is 10.3. The van der Waals surface area contributed by atoms with Crippen LogP contribution in [-0.2, 0) is 15.8 Å². The summed E-state index contributed by atoms with van der Waals surface area (Å²) in [7, 11) is 0. The Balaban J connectivity index is 2.11. The Bertz CT molecular complexity index is 1070. The van der Waals surface area contributed by atoms with Gasteiger partial charge in [-0.25, -0.2) is 4.39 Å². The van der Waals surface area contributed by atoms with E-state index in [1.54, 1.807) is 0 Å². The van der Waals surface area contributed by atoms with Crippen molar-refractivity contribution in [3.63, 3.8) is 0 Å². The smallest absolute Gasteiger partial charge is 0.351 e. The third kappa shape index (κ3) is 5.85. The summed E-state index contributed by atoms with van der Waals surface area (Å²) >= 11 is 5.76. The highest BCUT2D eigenvalue weighted by Crippen LogP contribution is 2.35. The molecular formula is C24H21ClF4N2O2. The van der Waals surface area contributed by atoms with Gasteiger partial charge in [0.15, 0.2) is 0 Å². The van der Waals surface area contributed by atoms with Gasteiger partial charge < -0.3 is 5.32 Å². The summed E-state index contributed by atoms with van der Waals surface area (Å²) in [5, 5.41) is 2.64. The van der Waals surface area contributed by atoms with Gasteiger partial charge in [-0.3, -0.25) is 14.5 Å². The lowest BCUT2D eigenvalue weighted by Crippen LogP contribution is -2.47. The number of hydrogen-bond acceptors (Lipinski definition) is 2. The summed E-state index contributed by atoms with van der Waals surface area (Å²) < 4.78 is 54.2. The van der Waals surface area contributed by atoms with Crippen LogP contribution in [-0.4, -0.2) is 17.9 Å². The molecule has 2 aromatic rings. The standard InChI is InChI=1S/C24H21ClF4N2O2/c1-2-21(32)31(18-10-6-7-16(14-18)24(27,28)29)22(15-11-12-19(25)20(26)13-15)23(33)30-17-8-4-3-5-9-17/h1,6-7,10-14,17,22H,3-5,8-9H2,(H,30,33). The van der Waals surface area contributed by atoms with Crippen LogP contribution in [0.25, 0.3) is 0 Å². The van der Waals surface area contributed by atoms with E-state index in [2.05, 4.69) is 5.32 Å². The summed E-state index contributed by atoms with van der Waals surface area (Å²) in [6.07, 6.45) is 4.90. The molecule has 1 aliphatic rings. The highest BCUT2D eigenvalue weighted by atomic mass is 35.5. The molecule has 1 N–H and O–H groups in total. The van der Waals surface area contributed by atoms with Gasteiger partial charge in [0.2, 0.25) is 5.91 Å². The molecule has 0 saturated heterocycles. The zero-order valence-corrected chi connectivity index (χ0v) is 18.2. The normalized spacial score (nSPS) is 15.4. The molecule has 0 radical (unpaired) electrons. The van der Waals surface area contributed by atoms with Crippen LogP contribution in [0.3, 0.4) is 0 Å². The van der Waals surface area contributed by atoms with Crippen molar-refractivity contribution in [3.8, 4) is 12.3 Å². The predicted octanol–water partition coefficient (Wildman–Crippen LogP) is 5.65. The second-order valence-electron chi connectivity index (χ2n) is 7.79. The third-order valence-electron chi connectivity index (χ3n) is 5.51. The predicted molar refractivity (Wildman–Crippen MR) is 117 cm³/mol. The van der Waals surface area contributed by atoms with Crippen LogP contribution in [0, 0.1) is 18.2 Å². The molecule has 174 valence electrons. The van der Waals surface area contributed by atoms with E-state index in [0.717, 1.165) is 61.3 Å². The molecule has 1 aliphatic carbocycles. The monoisotopic (exact) mass is 480 g/mol. The number of nitrogens with one attached hydrogen (secondary N) is 1. The molecule has 1 fully saturated rings. The van der Waals surface area contributed by atoms with Crippen molar-refractivity contribution in [1.29, 1.82) is 0 Å². The van der Waals surface area contributed by atoms with Crippen molar-refractivity contribution < 1.29 is 27.2 Å². The Hall–Kier alpha value is -3.05.